The zero-order valence-corrected chi connectivity index (χ0v) is 18.8. The second-order valence-electron chi connectivity index (χ2n) is 8.24. The molecule has 1 aromatic heterocycles. The number of aromatic nitrogens is 2. The van der Waals surface area contributed by atoms with E-state index in [1.807, 2.05) is 37.1 Å². The first-order chi connectivity index (χ1) is 15.2. The highest BCUT2D eigenvalue weighted by atomic mass is 16.5. The van der Waals surface area contributed by atoms with Crippen LogP contribution in [0.25, 0.3) is 0 Å². The molecule has 31 heavy (non-hydrogen) atoms. The normalized spacial score (nSPS) is 21.3. The fraction of sp³-hybridized carbons (Fsp3) is 0.565. The highest BCUT2D eigenvalue weighted by molar-refractivity contribution is 5.80. The van der Waals surface area contributed by atoms with E-state index < -0.39 is 0 Å². The molecule has 2 fully saturated rings. The fourth-order valence-corrected chi connectivity index (χ4v) is 4.57. The molecule has 2 aliphatic rings. The maximum atomic E-state index is 5.59. The zero-order chi connectivity index (χ0) is 21.6. The summed E-state index contributed by atoms with van der Waals surface area (Å²) < 4.78 is 12.8. The third-order valence-corrected chi connectivity index (χ3v) is 6.34. The van der Waals surface area contributed by atoms with Crippen molar-refractivity contribution < 1.29 is 9.47 Å². The first kappa shape index (κ1) is 21.6. The fourth-order valence-electron chi connectivity index (χ4n) is 4.57. The van der Waals surface area contributed by atoms with Crippen LogP contribution in [0.2, 0.25) is 0 Å². The molecule has 1 aromatic carbocycles. The van der Waals surface area contributed by atoms with Gasteiger partial charge in [-0.25, -0.2) is 0 Å². The van der Waals surface area contributed by atoms with Gasteiger partial charge >= 0.3 is 0 Å². The van der Waals surface area contributed by atoms with Gasteiger partial charge < -0.3 is 19.7 Å². The molecule has 3 heterocycles. The van der Waals surface area contributed by atoms with E-state index in [4.69, 9.17) is 9.47 Å². The van der Waals surface area contributed by atoms with Gasteiger partial charge in [0.2, 0.25) is 0 Å². The Labute approximate surface area is 184 Å². The highest BCUT2D eigenvalue weighted by Crippen LogP contribution is 2.27. The van der Waals surface area contributed by atoms with Crippen molar-refractivity contribution in [3.05, 3.63) is 47.8 Å². The van der Waals surface area contributed by atoms with Crippen molar-refractivity contribution in [1.29, 1.82) is 0 Å². The molecule has 4 rings (SSSR count). The lowest BCUT2D eigenvalue weighted by Crippen LogP contribution is -2.47. The monoisotopic (exact) mass is 426 g/mol. The molecule has 8 heteroatoms. The van der Waals surface area contributed by atoms with Crippen LogP contribution in [0.15, 0.2) is 41.7 Å². The van der Waals surface area contributed by atoms with E-state index in [2.05, 4.69) is 43.5 Å². The van der Waals surface area contributed by atoms with Crippen LogP contribution in [0.3, 0.4) is 0 Å². The van der Waals surface area contributed by atoms with Crippen LogP contribution >= 0.6 is 0 Å². The van der Waals surface area contributed by atoms with Gasteiger partial charge in [-0.05, 0) is 29.7 Å². The third kappa shape index (κ3) is 5.19. The van der Waals surface area contributed by atoms with E-state index in [0.717, 1.165) is 64.1 Å². The number of methoxy groups -OCH3 is 1. The van der Waals surface area contributed by atoms with Gasteiger partial charge in [-0.2, -0.15) is 5.10 Å². The second-order valence-corrected chi connectivity index (χ2v) is 8.24. The van der Waals surface area contributed by atoms with Crippen molar-refractivity contribution in [2.45, 2.75) is 18.4 Å². The molecule has 0 aliphatic carbocycles. The van der Waals surface area contributed by atoms with Crippen molar-refractivity contribution in [3.8, 4) is 5.75 Å². The second kappa shape index (κ2) is 10.2. The number of benzene rings is 1. The molecular weight excluding hydrogens is 392 g/mol. The molecule has 2 atom stereocenters. The Balaban J connectivity index is 1.42. The summed E-state index contributed by atoms with van der Waals surface area (Å²) in [6.07, 6.45) is 5.24. The predicted octanol–water partition coefficient (Wildman–Crippen LogP) is 1.87. The number of aryl methyl sites for hydroxylation is 1. The smallest absolute Gasteiger partial charge is 0.193 e. The van der Waals surface area contributed by atoms with Gasteiger partial charge in [0.05, 0.1) is 32.6 Å². The van der Waals surface area contributed by atoms with Crippen LogP contribution in [-0.2, 0) is 11.8 Å². The maximum Gasteiger partial charge on any atom is 0.193 e. The SMILES string of the molecule is CN=C(NCC(c1ccc(OC)cc1)N1CCOCC1)N1CCC(c2cnn(C)c2)C1. The van der Waals surface area contributed by atoms with E-state index in [9.17, 15) is 0 Å². The minimum absolute atomic E-state index is 0.253. The van der Waals surface area contributed by atoms with Gasteiger partial charge in [-0.3, -0.25) is 14.6 Å². The standard InChI is InChI=1S/C23H34N6O2/c1-24-23(29-9-8-19(17-29)20-14-26-27(2)16-20)25-15-22(28-10-12-31-13-11-28)18-4-6-21(30-3)7-5-18/h4-7,14,16,19,22H,8-13,15,17H2,1-3H3,(H,24,25). The minimum Gasteiger partial charge on any atom is -0.497 e. The molecule has 168 valence electrons. The molecule has 2 aromatic rings. The van der Waals surface area contributed by atoms with Crippen molar-refractivity contribution in [3.63, 3.8) is 0 Å². The van der Waals surface area contributed by atoms with Crippen molar-refractivity contribution >= 4 is 5.96 Å². The van der Waals surface area contributed by atoms with E-state index in [1.54, 1.807) is 7.11 Å². The van der Waals surface area contributed by atoms with Crippen molar-refractivity contribution in [1.82, 2.24) is 24.9 Å². The summed E-state index contributed by atoms with van der Waals surface area (Å²) in [6, 6.07) is 8.66. The molecule has 2 aliphatic heterocycles. The first-order valence-electron chi connectivity index (χ1n) is 11.1. The van der Waals surface area contributed by atoms with Crippen LogP contribution in [0.5, 0.6) is 5.75 Å². The highest BCUT2D eigenvalue weighted by Gasteiger charge is 2.28. The lowest BCUT2D eigenvalue weighted by molar-refractivity contribution is 0.0169. The Morgan fingerprint density at radius 3 is 2.68 bits per heavy atom. The Morgan fingerprint density at radius 1 is 1.26 bits per heavy atom. The summed E-state index contributed by atoms with van der Waals surface area (Å²) in [5.74, 6) is 2.36. The summed E-state index contributed by atoms with van der Waals surface area (Å²) in [5.41, 5.74) is 2.59. The number of rotatable bonds is 6. The molecule has 2 saturated heterocycles. The minimum atomic E-state index is 0.253. The van der Waals surface area contributed by atoms with E-state index in [1.165, 1.54) is 11.1 Å². The topological polar surface area (TPSA) is 67.2 Å². The number of guanidine groups is 1. The van der Waals surface area contributed by atoms with E-state index >= 15 is 0 Å². The first-order valence-corrected chi connectivity index (χ1v) is 11.1. The largest absolute Gasteiger partial charge is 0.497 e. The molecule has 0 spiro atoms. The van der Waals surface area contributed by atoms with Gasteiger partial charge in [-0.15, -0.1) is 0 Å². The Hall–Kier alpha value is -2.58. The van der Waals surface area contributed by atoms with Gasteiger partial charge in [0, 0.05) is 58.9 Å². The lowest BCUT2D eigenvalue weighted by Gasteiger charge is -2.35. The third-order valence-electron chi connectivity index (χ3n) is 6.34. The number of likely N-dealkylation sites (tertiary alicyclic amines) is 1. The number of nitrogens with zero attached hydrogens (tertiary/aromatic N) is 5. The Morgan fingerprint density at radius 2 is 2.03 bits per heavy atom. The van der Waals surface area contributed by atoms with Crippen LogP contribution < -0.4 is 10.1 Å². The van der Waals surface area contributed by atoms with E-state index in [0.29, 0.717) is 5.92 Å². The van der Waals surface area contributed by atoms with Crippen molar-refractivity contribution in [2.75, 3.05) is 60.1 Å². The molecule has 0 amide bonds. The van der Waals surface area contributed by atoms with E-state index in [-0.39, 0.29) is 6.04 Å². The van der Waals surface area contributed by atoms with Crippen LogP contribution in [0, 0.1) is 0 Å². The quantitative estimate of drug-likeness (QED) is 0.562. The molecule has 2 unspecified atom stereocenters. The Bertz CT molecular complexity index is 859. The molecular formula is C23H34N6O2. The maximum absolute atomic E-state index is 5.59. The van der Waals surface area contributed by atoms with Gasteiger partial charge in [0.1, 0.15) is 5.75 Å². The van der Waals surface area contributed by atoms with Crippen LogP contribution in [0.4, 0.5) is 0 Å². The number of hydrogen-bond donors (Lipinski definition) is 1. The zero-order valence-electron chi connectivity index (χ0n) is 18.8. The van der Waals surface area contributed by atoms with Gasteiger partial charge in [0.15, 0.2) is 5.96 Å². The summed E-state index contributed by atoms with van der Waals surface area (Å²) >= 11 is 0. The number of hydrogen-bond acceptors (Lipinski definition) is 5. The average Bonchev–Trinajstić information content (AvgIpc) is 3.47. The molecule has 0 bridgehead atoms. The number of aliphatic imine (C=N–C) groups is 1. The number of nitrogens with one attached hydrogen (secondary N) is 1. The Kier molecular flexibility index (Phi) is 7.09. The average molecular weight is 427 g/mol. The van der Waals surface area contributed by atoms with Gasteiger partial charge in [-0.1, -0.05) is 12.1 Å². The van der Waals surface area contributed by atoms with Gasteiger partial charge in [0.25, 0.3) is 0 Å². The molecule has 8 nitrogen and oxygen atoms in total. The van der Waals surface area contributed by atoms with Crippen LogP contribution in [0.1, 0.15) is 29.5 Å². The summed E-state index contributed by atoms with van der Waals surface area (Å²) in [5, 5.41) is 7.99. The summed E-state index contributed by atoms with van der Waals surface area (Å²) in [4.78, 5) is 9.45. The summed E-state index contributed by atoms with van der Waals surface area (Å²) in [6.45, 7) is 6.20. The molecule has 0 radical (unpaired) electrons. The van der Waals surface area contributed by atoms with Crippen LogP contribution in [-0.4, -0.2) is 85.6 Å². The molecule has 0 saturated carbocycles. The van der Waals surface area contributed by atoms with Crippen molar-refractivity contribution in [2.24, 2.45) is 12.0 Å². The predicted molar refractivity (Wildman–Crippen MR) is 122 cm³/mol. The lowest BCUT2D eigenvalue weighted by atomic mass is 10.0. The summed E-state index contributed by atoms with van der Waals surface area (Å²) in [7, 11) is 5.55. The number of morpholine rings is 1. The molecule has 1 N–H and O–H groups in total. The number of ether oxygens (including phenoxy) is 2.